The van der Waals surface area contributed by atoms with E-state index in [2.05, 4.69) is 71.9 Å². The van der Waals surface area contributed by atoms with Gasteiger partial charge in [-0.15, -0.1) is 0 Å². The van der Waals surface area contributed by atoms with Gasteiger partial charge in [0.25, 0.3) is 0 Å². The first-order valence-corrected chi connectivity index (χ1v) is 8.26. The fraction of sp³-hybridized carbons (Fsp3) is 0.400. The predicted molar refractivity (Wildman–Crippen MR) is 97.3 cm³/mol. The van der Waals surface area contributed by atoms with E-state index in [1.54, 1.807) is 7.11 Å². The van der Waals surface area contributed by atoms with E-state index in [-0.39, 0.29) is 0 Å². The molecule has 0 heterocycles. The Morgan fingerprint density at radius 3 is 2.22 bits per heavy atom. The molecule has 0 saturated heterocycles. The van der Waals surface area contributed by atoms with Crippen LogP contribution in [0, 0.1) is 0 Å². The smallest absolute Gasteiger partial charge is 0.118 e. The van der Waals surface area contributed by atoms with Crippen LogP contribution in [-0.2, 0) is 0 Å². The van der Waals surface area contributed by atoms with E-state index in [4.69, 9.17) is 4.74 Å². The lowest BCUT2D eigenvalue weighted by atomic mass is 9.88. The largest absolute Gasteiger partial charge is 0.497 e. The minimum absolute atomic E-state index is 0.416. The normalized spacial score (nSPS) is 12.3. The van der Waals surface area contributed by atoms with Crippen LogP contribution in [-0.4, -0.2) is 45.7 Å². The molecule has 0 aliphatic rings. The van der Waals surface area contributed by atoms with Gasteiger partial charge in [-0.1, -0.05) is 42.5 Å². The highest BCUT2D eigenvalue weighted by Gasteiger charge is 2.15. The maximum atomic E-state index is 5.28. The lowest BCUT2D eigenvalue weighted by molar-refractivity contribution is 0.324. The van der Waals surface area contributed by atoms with Gasteiger partial charge in [0.15, 0.2) is 0 Å². The van der Waals surface area contributed by atoms with Crippen LogP contribution >= 0.6 is 0 Å². The topological polar surface area (TPSA) is 24.5 Å². The van der Waals surface area contributed by atoms with Crippen LogP contribution in [0.4, 0.5) is 0 Å². The van der Waals surface area contributed by atoms with Crippen LogP contribution in [0.5, 0.6) is 5.75 Å². The molecule has 0 radical (unpaired) electrons. The Kier molecular flexibility index (Phi) is 7.11. The van der Waals surface area contributed by atoms with Gasteiger partial charge in [0.1, 0.15) is 5.75 Å². The maximum absolute atomic E-state index is 5.28. The average Bonchev–Trinajstić information content (AvgIpc) is 2.61. The highest BCUT2D eigenvalue weighted by atomic mass is 16.5. The Labute approximate surface area is 140 Å². The molecule has 1 N–H and O–H groups in total. The lowest BCUT2D eigenvalue weighted by Gasteiger charge is -2.22. The van der Waals surface area contributed by atoms with Crippen molar-refractivity contribution < 1.29 is 4.74 Å². The summed E-state index contributed by atoms with van der Waals surface area (Å²) in [5.74, 6) is 1.32. The molecule has 1 unspecified atom stereocenters. The number of nitrogens with zero attached hydrogens (tertiary/aromatic N) is 1. The van der Waals surface area contributed by atoms with Crippen LogP contribution in [0.1, 0.15) is 23.5 Å². The number of hydrogen-bond donors (Lipinski definition) is 1. The number of benzene rings is 2. The molecule has 23 heavy (non-hydrogen) atoms. The molecular weight excluding hydrogens is 284 g/mol. The Morgan fingerprint density at radius 1 is 0.957 bits per heavy atom. The second kappa shape index (κ2) is 9.33. The quantitative estimate of drug-likeness (QED) is 0.768. The summed E-state index contributed by atoms with van der Waals surface area (Å²) in [5.41, 5.74) is 2.72. The third kappa shape index (κ3) is 5.38. The van der Waals surface area contributed by atoms with Crippen LogP contribution in [0.25, 0.3) is 0 Å². The molecule has 2 rings (SSSR count). The highest BCUT2D eigenvalue weighted by Crippen LogP contribution is 2.29. The van der Waals surface area contributed by atoms with Crippen LogP contribution in [0.15, 0.2) is 54.6 Å². The van der Waals surface area contributed by atoms with Crippen molar-refractivity contribution >= 4 is 0 Å². The first kappa shape index (κ1) is 17.5. The summed E-state index contributed by atoms with van der Waals surface area (Å²) in [7, 11) is 5.89. The van der Waals surface area contributed by atoms with Crippen LogP contribution < -0.4 is 10.1 Å². The molecule has 0 amide bonds. The molecule has 0 fully saturated rings. The minimum Gasteiger partial charge on any atom is -0.497 e. The Morgan fingerprint density at radius 2 is 1.61 bits per heavy atom. The van der Waals surface area contributed by atoms with Crippen LogP contribution in [0.2, 0.25) is 0 Å². The summed E-state index contributed by atoms with van der Waals surface area (Å²) < 4.78 is 5.28. The first-order valence-electron chi connectivity index (χ1n) is 8.26. The third-order valence-electron chi connectivity index (χ3n) is 4.26. The Balaban J connectivity index is 2.12. The van der Waals surface area contributed by atoms with E-state index in [0.717, 1.165) is 31.8 Å². The molecule has 0 aliphatic carbocycles. The van der Waals surface area contributed by atoms with E-state index >= 15 is 0 Å². The molecule has 0 aliphatic heterocycles. The van der Waals surface area contributed by atoms with E-state index in [1.165, 1.54) is 11.1 Å². The number of ether oxygens (including phenoxy) is 1. The van der Waals surface area contributed by atoms with Gasteiger partial charge in [0.05, 0.1) is 7.11 Å². The molecule has 124 valence electrons. The molecule has 0 saturated carbocycles. The monoisotopic (exact) mass is 312 g/mol. The third-order valence-corrected chi connectivity index (χ3v) is 4.26. The number of rotatable bonds is 9. The van der Waals surface area contributed by atoms with E-state index in [1.807, 2.05) is 7.05 Å². The first-order chi connectivity index (χ1) is 11.2. The predicted octanol–water partition coefficient (Wildman–Crippen LogP) is 3.37. The molecule has 3 heteroatoms. The van der Waals surface area contributed by atoms with Gasteiger partial charge < -0.3 is 15.0 Å². The summed E-state index contributed by atoms with van der Waals surface area (Å²) in [4.78, 5) is 2.38. The van der Waals surface area contributed by atoms with Gasteiger partial charge in [-0.2, -0.15) is 0 Å². The van der Waals surface area contributed by atoms with E-state index in [0.29, 0.717) is 5.92 Å². The molecule has 0 spiro atoms. The summed E-state index contributed by atoms with van der Waals surface area (Å²) in [6.45, 7) is 3.17. The fourth-order valence-electron chi connectivity index (χ4n) is 2.81. The SMILES string of the molecule is CNCCN(C)CCC(c1ccccc1)c1ccc(OC)cc1. The van der Waals surface area contributed by atoms with Crippen LogP contribution in [0.3, 0.4) is 0 Å². The van der Waals surface area contributed by atoms with Gasteiger partial charge in [0, 0.05) is 19.0 Å². The number of likely N-dealkylation sites (N-methyl/N-ethyl adjacent to an activating group) is 2. The number of hydrogen-bond acceptors (Lipinski definition) is 3. The fourth-order valence-corrected chi connectivity index (χ4v) is 2.81. The van der Waals surface area contributed by atoms with Gasteiger partial charge in [-0.05, 0) is 50.3 Å². The van der Waals surface area contributed by atoms with Crippen molar-refractivity contribution in [3.8, 4) is 5.75 Å². The van der Waals surface area contributed by atoms with Crippen molar-refractivity contribution in [3.05, 3.63) is 65.7 Å². The van der Waals surface area contributed by atoms with Crippen molar-refractivity contribution in [3.63, 3.8) is 0 Å². The van der Waals surface area contributed by atoms with Crippen molar-refractivity contribution in [2.75, 3.05) is 40.8 Å². The van der Waals surface area contributed by atoms with Gasteiger partial charge >= 0.3 is 0 Å². The summed E-state index contributed by atoms with van der Waals surface area (Å²) >= 11 is 0. The van der Waals surface area contributed by atoms with E-state index < -0.39 is 0 Å². The van der Waals surface area contributed by atoms with Gasteiger partial charge in [-0.3, -0.25) is 0 Å². The minimum atomic E-state index is 0.416. The Hall–Kier alpha value is -1.84. The van der Waals surface area contributed by atoms with Gasteiger partial charge in [-0.25, -0.2) is 0 Å². The van der Waals surface area contributed by atoms with Crippen molar-refractivity contribution in [1.29, 1.82) is 0 Å². The highest BCUT2D eigenvalue weighted by molar-refractivity contribution is 5.36. The summed E-state index contributed by atoms with van der Waals surface area (Å²) in [5, 5.41) is 3.21. The van der Waals surface area contributed by atoms with E-state index in [9.17, 15) is 0 Å². The number of methoxy groups -OCH3 is 1. The summed E-state index contributed by atoms with van der Waals surface area (Å²) in [6.07, 6.45) is 1.11. The van der Waals surface area contributed by atoms with Gasteiger partial charge in [0.2, 0.25) is 0 Å². The molecule has 3 nitrogen and oxygen atoms in total. The average molecular weight is 312 g/mol. The molecule has 1 atom stereocenters. The second-order valence-electron chi connectivity index (χ2n) is 5.93. The Bertz CT molecular complexity index is 554. The lowest BCUT2D eigenvalue weighted by Crippen LogP contribution is -2.29. The molecule has 0 aromatic heterocycles. The zero-order valence-corrected chi connectivity index (χ0v) is 14.5. The molecule has 0 bridgehead atoms. The van der Waals surface area contributed by atoms with Crippen molar-refractivity contribution in [1.82, 2.24) is 10.2 Å². The zero-order chi connectivity index (χ0) is 16.5. The molecule has 2 aromatic carbocycles. The molecular formula is C20H28N2O. The van der Waals surface area contributed by atoms with Crippen molar-refractivity contribution in [2.24, 2.45) is 0 Å². The maximum Gasteiger partial charge on any atom is 0.118 e. The standard InChI is InChI=1S/C20H28N2O/c1-21-14-16-22(2)15-13-20(17-7-5-4-6-8-17)18-9-11-19(23-3)12-10-18/h4-12,20-21H,13-16H2,1-3H3. The van der Waals surface area contributed by atoms with Crippen molar-refractivity contribution in [2.45, 2.75) is 12.3 Å². The molecule has 2 aromatic rings. The second-order valence-corrected chi connectivity index (χ2v) is 5.93. The zero-order valence-electron chi connectivity index (χ0n) is 14.5. The number of nitrogens with one attached hydrogen (secondary N) is 1. The summed E-state index contributed by atoms with van der Waals surface area (Å²) in [6, 6.07) is 19.2.